The van der Waals surface area contributed by atoms with Gasteiger partial charge >= 0.3 is 0 Å². The second kappa shape index (κ2) is 7.56. The minimum Gasteiger partial charge on any atom is -0.493 e. The quantitative estimate of drug-likeness (QED) is 0.528. The molecule has 0 unspecified atom stereocenters. The van der Waals surface area contributed by atoms with Gasteiger partial charge in [-0.25, -0.2) is 4.98 Å². The molecular weight excluding hydrogens is 356 g/mol. The van der Waals surface area contributed by atoms with Crippen molar-refractivity contribution in [3.63, 3.8) is 0 Å². The van der Waals surface area contributed by atoms with E-state index in [1.54, 1.807) is 24.3 Å². The van der Waals surface area contributed by atoms with Gasteiger partial charge in [-0.15, -0.1) is 0 Å². The number of benzene rings is 2. The summed E-state index contributed by atoms with van der Waals surface area (Å²) >= 11 is 0. The lowest BCUT2D eigenvalue weighted by Crippen LogP contribution is -2.33. The molecule has 7 nitrogen and oxygen atoms in total. The molecule has 142 valence electrons. The summed E-state index contributed by atoms with van der Waals surface area (Å²) in [6.07, 6.45) is 4.04. The maximum absolute atomic E-state index is 12.6. The standard InChI is InChI=1S/C21H20N4O3/c1-2-25-20(27)16-5-3-4-6-17(16)22-21(25)24-23-19(26)10-8-14-7-9-18-15(13-14)11-12-28-18/h3-10,13H,2,11-12H2,1H3,(H,22,24)(H,23,26)/b10-8+. The Morgan fingerprint density at radius 3 is 3.00 bits per heavy atom. The highest BCUT2D eigenvalue weighted by Crippen LogP contribution is 2.26. The molecule has 4 rings (SSSR count). The molecule has 2 heterocycles. The van der Waals surface area contributed by atoms with Gasteiger partial charge in [0.25, 0.3) is 11.5 Å². The van der Waals surface area contributed by atoms with E-state index in [0.717, 1.165) is 23.3 Å². The minimum atomic E-state index is -0.346. The second-order valence-electron chi connectivity index (χ2n) is 6.42. The van der Waals surface area contributed by atoms with E-state index in [-0.39, 0.29) is 11.5 Å². The monoisotopic (exact) mass is 376 g/mol. The maximum atomic E-state index is 12.6. The Kier molecular flexibility index (Phi) is 4.80. The van der Waals surface area contributed by atoms with Crippen LogP contribution in [0.4, 0.5) is 5.95 Å². The Morgan fingerprint density at radius 1 is 1.29 bits per heavy atom. The lowest BCUT2D eigenvalue weighted by molar-refractivity contribution is -0.116. The van der Waals surface area contributed by atoms with Crippen LogP contribution in [0.1, 0.15) is 18.1 Å². The molecule has 0 saturated heterocycles. The number of rotatable bonds is 5. The molecule has 3 aromatic rings. The lowest BCUT2D eigenvalue weighted by Gasteiger charge is -2.13. The highest BCUT2D eigenvalue weighted by molar-refractivity contribution is 5.92. The van der Waals surface area contributed by atoms with Crippen LogP contribution in [0.2, 0.25) is 0 Å². The summed E-state index contributed by atoms with van der Waals surface area (Å²) < 4.78 is 6.96. The van der Waals surface area contributed by atoms with Crippen LogP contribution in [0, 0.1) is 0 Å². The van der Waals surface area contributed by atoms with Crippen molar-refractivity contribution in [2.24, 2.45) is 0 Å². The number of hydrazine groups is 1. The fraction of sp³-hybridized carbons (Fsp3) is 0.190. The highest BCUT2D eigenvalue weighted by atomic mass is 16.5. The number of aromatic nitrogens is 2. The van der Waals surface area contributed by atoms with E-state index in [1.807, 2.05) is 31.2 Å². The van der Waals surface area contributed by atoms with Crippen LogP contribution < -0.4 is 21.1 Å². The summed E-state index contributed by atoms with van der Waals surface area (Å²) in [5.74, 6) is 0.854. The van der Waals surface area contributed by atoms with Crippen LogP contribution in [-0.4, -0.2) is 22.1 Å². The zero-order valence-electron chi connectivity index (χ0n) is 15.4. The van der Waals surface area contributed by atoms with Gasteiger partial charge in [0.05, 0.1) is 17.5 Å². The number of hydrogen-bond acceptors (Lipinski definition) is 5. The molecule has 1 amide bonds. The molecule has 1 aliphatic heterocycles. The molecule has 0 aliphatic carbocycles. The van der Waals surface area contributed by atoms with E-state index in [9.17, 15) is 9.59 Å². The predicted molar refractivity (Wildman–Crippen MR) is 108 cm³/mol. The SMILES string of the molecule is CCn1c(NNC(=O)/C=C/c2ccc3c(c2)CCO3)nc2ccccc2c1=O. The fourth-order valence-corrected chi connectivity index (χ4v) is 3.20. The molecule has 0 bridgehead atoms. The summed E-state index contributed by atoms with van der Waals surface area (Å²) in [6.45, 7) is 2.98. The summed E-state index contributed by atoms with van der Waals surface area (Å²) in [6, 6.07) is 13.0. The highest BCUT2D eigenvalue weighted by Gasteiger charge is 2.12. The Bertz CT molecular complexity index is 1130. The molecule has 7 heteroatoms. The van der Waals surface area contributed by atoms with Gasteiger partial charge < -0.3 is 4.74 Å². The largest absolute Gasteiger partial charge is 0.493 e. The van der Waals surface area contributed by atoms with Crippen molar-refractivity contribution in [2.45, 2.75) is 19.9 Å². The van der Waals surface area contributed by atoms with Crippen molar-refractivity contribution in [3.05, 3.63) is 70.0 Å². The van der Waals surface area contributed by atoms with E-state index >= 15 is 0 Å². The van der Waals surface area contributed by atoms with Crippen LogP contribution in [0.25, 0.3) is 17.0 Å². The number of ether oxygens (including phenoxy) is 1. The van der Waals surface area contributed by atoms with Crippen molar-refractivity contribution in [2.75, 3.05) is 12.0 Å². The average Bonchev–Trinajstić information content (AvgIpc) is 3.19. The van der Waals surface area contributed by atoms with E-state index < -0.39 is 0 Å². The number of fused-ring (bicyclic) bond motifs is 2. The van der Waals surface area contributed by atoms with E-state index in [1.165, 1.54) is 10.6 Å². The summed E-state index contributed by atoms with van der Waals surface area (Å²) in [5, 5.41) is 0.543. The number of para-hydroxylation sites is 1. The predicted octanol–water partition coefficient (Wildman–Crippen LogP) is 2.51. The Hall–Kier alpha value is -3.61. The number of nitrogens with one attached hydrogen (secondary N) is 2. The van der Waals surface area contributed by atoms with Crippen molar-refractivity contribution in [3.8, 4) is 5.75 Å². The summed E-state index contributed by atoms with van der Waals surface area (Å²) in [5.41, 5.74) is 7.81. The summed E-state index contributed by atoms with van der Waals surface area (Å²) in [7, 11) is 0. The van der Waals surface area contributed by atoms with Crippen LogP contribution >= 0.6 is 0 Å². The average molecular weight is 376 g/mol. The fourth-order valence-electron chi connectivity index (χ4n) is 3.20. The number of carbonyl (C=O) groups excluding carboxylic acids is 1. The van der Waals surface area contributed by atoms with Crippen LogP contribution in [0.5, 0.6) is 5.75 Å². The van der Waals surface area contributed by atoms with Crippen molar-refractivity contribution < 1.29 is 9.53 Å². The minimum absolute atomic E-state index is 0.152. The zero-order chi connectivity index (χ0) is 19.5. The van der Waals surface area contributed by atoms with Gasteiger partial charge in [-0.1, -0.05) is 18.2 Å². The number of anilines is 1. The molecule has 0 atom stereocenters. The van der Waals surface area contributed by atoms with Gasteiger partial charge in [-0.3, -0.25) is 25.0 Å². The molecule has 28 heavy (non-hydrogen) atoms. The molecule has 2 N–H and O–H groups in total. The molecule has 2 aromatic carbocycles. The second-order valence-corrected chi connectivity index (χ2v) is 6.42. The van der Waals surface area contributed by atoms with Crippen molar-refractivity contribution in [1.82, 2.24) is 15.0 Å². The number of carbonyl (C=O) groups is 1. The van der Waals surface area contributed by atoms with Gasteiger partial charge in [-0.2, -0.15) is 0 Å². The third kappa shape index (κ3) is 3.46. The number of amides is 1. The van der Waals surface area contributed by atoms with Crippen molar-refractivity contribution in [1.29, 1.82) is 0 Å². The maximum Gasteiger partial charge on any atom is 0.262 e. The van der Waals surface area contributed by atoms with Gasteiger partial charge in [-0.05, 0) is 48.4 Å². The molecular formula is C21H20N4O3. The van der Waals surface area contributed by atoms with Gasteiger partial charge in [0, 0.05) is 19.0 Å². The first kappa shape index (κ1) is 17.8. The Morgan fingerprint density at radius 2 is 2.14 bits per heavy atom. The number of nitrogens with zero attached hydrogens (tertiary/aromatic N) is 2. The van der Waals surface area contributed by atoms with E-state index in [4.69, 9.17) is 4.74 Å². The smallest absolute Gasteiger partial charge is 0.262 e. The topological polar surface area (TPSA) is 85.2 Å². The normalized spacial score (nSPS) is 12.8. The molecule has 0 fully saturated rings. The van der Waals surface area contributed by atoms with E-state index in [0.29, 0.717) is 30.0 Å². The first-order valence-corrected chi connectivity index (χ1v) is 9.15. The van der Waals surface area contributed by atoms with Crippen molar-refractivity contribution >= 4 is 28.8 Å². The molecule has 0 spiro atoms. The Labute approximate surface area is 161 Å². The van der Waals surface area contributed by atoms with E-state index in [2.05, 4.69) is 15.8 Å². The van der Waals surface area contributed by atoms with Gasteiger partial charge in [0.15, 0.2) is 0 Å². The third-order valence-corrected chi connectivity index (χ3v) is 4.62. The van der Waals surface area contributed by atoms with Gasteiger partial charge in [0.2, 0.25) is 5.95 Å². The zero-order valence-corrected chi connectivity index (χ0v) is 15.4. The first-order valence-electron chi connectivity index (χ1n) is 9.15. The molecule has 0 radical (unpaired) electrons. The first-order chi connectivity index (χ1) is 13.7. The van der Waals surface area contributed by atoms with Gasteiger partial charge in [0.1, 0.15) is 5.75 Å². The molecule has 1 aromatic heterocycles. The Balaban J connectivity index is 1.48. The van der Waals surface area contributed by atoms with Crippen LogP contribution in [-0.2, 0) is 17.8 Å². The lowest BCUT2D eigenvalue weighted by atomic mass is 10.1. The van der Waals surface area contributed by atoms with Crippen LogP contribution in [0.15, 0.2) is 53.3 Å². The molecule has 1 aliphatic rings. The third-order valence-electron chi connectivity index (χ3n) is 4.62. The summed E-state index contributed by atoms with van der Waals surface area (Å²) in [4.78, 5) is 29.2. The van der Waals surface area contributed by atoms with Crippen LogP contribution in [0.3, 0.4) is 0 Å². The molecule has 0 saturated carbocycles. The number of hydrogen-bond donors (Lipinski definition) is 2.